The van der Waals surface area contributed by atoms with E-state index in [2.05, 4.69) is 29.6 Å². The van der Waals surface area contributed by atoms with Gasteiger partial charge in [-0.3, -0.25) is 9.59 Å². The number of carbonyl (C=O) groups excluding carboxylic acids is 1. The van der Waals surface area contributed by atoms with Crippen LogP contribution in [0.2, 0.25) is 0 Å². The van der Waals surface area contributed by atoms with Crippen LogP contribution in [0.3, 0.4) is 0 Å². The third kappa shape index (κ3) is 3.46. The zero-order valence-electron chi connectivity index (χ0n) is 17.1. The minimum absolute atomic E-state index is 0.0207. The predicted octanol–water partition coefficient (Wildman–Crippen LogP) is 2.98. The Bertz CT molecular complexity index is 959. The maximum Gasteiger partial charge on any atom is 0.274 e. The molecule has 0 saturated heterocycles. The predicted molar refractivity (Wildman–Crippen MR) is 112 cm³/mol. The van der Waals surface area contributed by atoms with Crippen LogP contribution in [-0.2, 0) is 18.6 Å². The number of nitrogens with zero attached hydrogens (tertiary/aromatic N) is 2. The molecule has 2 heterocycles. The molecule has 0 radical (unpaired) electrons. The van der Waals surface area contributed by atoms with Crippen LogP contribution in [0.5, 0.6) is 5.75 Å². The molecule has 154 valence electrons. The average molecular weight is 396 g/mol. The molecule has 0 atom stereocenters. The Kier molecular flexibility index (Phi) is 5.21. The monoisotopic (exact) mass is 395 g/mol. The van der Waals surface area contributed by atoms with Crippen molar-refractivity contribution in [1.82, 2.24) is 14.8 Å². The summed E-state index contributed by atoms with van der Waals surface area (Å²) in [5.41, 5.74) is 1.53. The Morgan fingerprint density at radius 3 is 2.45 bits per heavy atom. The number of pyridine rings is 1. The Morgan fingerprint density at radius 1 is 1.10 bits per heavy atom. The van der Waals surface area contributed by atoms with E-state index >= 15 is 0 Å². The molecular weight excluding hydrogens is 366 g/mol. The largest absolute Gasteiger partial charge is 0.503 e. The van der Waals surface area contributed by atoms with Gasteiger partial charge in [0.25, 0.3) is 5.91 Å². The van der Waals surface area contributed by atoms with Crippen LogP contribution < -0.4 is 10.7 Å². The fourth-order valence-corrected chi connectivity index (χ4v) is 4.81. The second kappa shape index (κ2) is 7.67. The van der Waals surface area contributed by atoms with E-state index in [0.29, 0.717) is 19.6 Å². The molecule has 4 rings (SSSR count). The lowest BCUT2D eigenvalue weighted by Crippen LogP contribution is -2.47. The Morgan fingerprint density at radius 2 is 1.79 bits per heavy atom. The molecule has 1 amide bonds. The number of hydrogen-bond acceptors (Lipinski definition) is 4. The molecule has 29 heavy (non-hydrogen) atoms. The quantitative estimate of drug-likeness (QED) is 0.816. The molecule has 1 saturated carbocycles. The van der Waals surface area contributed by atoms with Crippen LogP contribution in [0.4, 0.5) is 0 Å². The van der Waals surface area contributed by atoms with Crippen LogP contribution in [0.15, 0.2) is 41.2 Å². The molecule has 6 heteroatoms. The van der Waals surface area contributed by atoms with Gasteiger partial charge in [0.15, 0.2) is 11.4 Å². The summed E-state index contributed by atoms with van der Waals surface area (Å²) < 4.78 is 1.82. The first-order valence-corrected chi connectivity index (χ1v) is 10.5. The molecule has 1 aromatic heterocycles. The van der Waals surface area contributed by atoms with E-state index in [-0.39, 0.29) is 23.2 Å². The highest BCUT2D eigenvalue weighted by atomic mass is 16.3. The molecule has 1 aliphatic heterocycles. The molecule has 1 aliphatic carbocycles. The van der Waals surface area contributed by atoms with Gasteiger partial charge in [0.1, 0.15) is 0 Å². The lowest BCUT2D eigenvalue weighted by atomic mass is 9.88. The van der Waals surface area contributed by atoms with Crippen molar-refractivity contribution >= 4 is 5.91 Å². The van der Waals surface area contributed by atoms with Gasteiger partial charge in [0, 0.05) is 43.0 Å². The van der Waals surface area contributed by atoms with Crippen LogP contribution >= 0.6 is 0 Å². The summed E-state index contributed by atoms with van der Waals surface area (Å²) in [5.74, 6) is -0.718. The molecule has 1 fully saturated rings. The maximum atomic E-state index is 12.9. The zero-order valence-corrected chi connectivity index (χ0v) is 17.1. The van der Waals surface area contributed by atoms with E-state index in [1.54, 1.807) is 4.90 Å². The number of aromatic nitrogens is 1. The third-order valence-corrected chi connectivity index (χ3v) is 6.41. The number of benzene rings is 1. The van der Waals surface area contributed by atoms with Gasteiger partial charge in [0.2, 0.25) is 5.43 Å². The first kappa shape index (κ1) is 19.7. The molecule has 2 aromatic rings. The fourth-order valence-electron chi connectivity index (χ4n) is 4.81. The summed E-state index contributed by atoms with van der Waals surface area (Å²) in [7, 11) is 0. The van der Waals surface area contributed by atoms with Gasteiger partial charge in [-0.1, -0.05) is 43.2 Å². The van der Waals surface area contributed by atoms with Crippen molar-refractivity contribution in [3.05, 3.63) is 63.6 Å². The second-order valence-electron chi connectivity index (χ2n) is 8.45. The van der Waals surface area contributed by atoms with E-state index < -0.39 is 11.2 Å². The molecule has 2 N–H and O–H groups in total. The van der Waals surface area contributed by atoms with Gasteiger partial charge in [-0.15, -0.1) is 0 Å². The van der Waals surface area contributed by atoms with Gasteiger partial charge >= 0.3 is 0 Å². The summed E-state index contributed by atoms with van der Waals surface area (Å²) in [6.07, 6.45) is 4.42. The lowest BCUT2D eigenvalue weighted by Gasteiger charge is -2.35. The minimum Gasteiger partial charge on any atom is -0.503 e. The number of nitrogens with one attached hydrogen (secondary N) is 1. The average Bonchev–Trinajstić information content (AvgIpc) is 3.20. The summed E-state index contributed by atoms with van der Waals surface area (Å²) in [5, 5.41) is 14.1. The summed E-state index contributed by atoms with van der Waals surface area (Å²) in [6.45, 7) is 5.51. The maximum absolute atomic E-state index is 12.9. The molecule has 1 aromatic carbocycles. The third-order valence-electron chi connectivity index (χ3n) is 6.41. The standard InChI is InChI=1S/C23H29N3O3/c1-16(2)25-12-13-26-18(14-19(27)21(28)20(26)22(25)29)15-24-23(10-6-7-11-23)17-8-4-3-5-9-17/h3-5,8-9,14,16,24,28H,6-7,10-13,15H2,1-2H3. The van der Waals surface area contributed by atoms with E-state index in [1.165, 1.54) is 11.6 Å². The Hall–Kier alpha value is -2.60. The number of aromatic hydroxyl groups is 1. The number of fused-ring (bicyclic) bond motifs is 1. The smallest absolute Gasteiger partial charge is 0.274 e. The van der Waals surface area contributed by atoms with Crippen molar-refractivity contribution in [2.45, 2.75) is 64.2 Å². The van der Waals surface area contributed by atoms with Gasteiger partial charge < -0.3 is 19.9 Å². The highest BCUT2D eigenvalue weighted by Gasteiger charge is 2.36. The second-order valence-corrected chi connectivity index (χ2v) is 8.45. The van der Waals surface area contributed by atoms with Crippen LogP contribution in [-0.4, -0.2) is 33.1 Å². The van der Waals surface area contributed by atoms with Gasteiger partial charge in [0.05, 0.1) is 0 Å². The van der Waals surface area contributed by atoms with Crippen molar-refractivity contribution < 1.29 is 9.90 Å². The lowest BCUT2D eigenvalue weighted by molar-refractivity contribution is 0.0639. The first-order valence-electron chi connectivity index (χ1n) is 10.5. The van der Waals surface area contributed by atoms with E-state index in [9.17, 15) is 14.7 Å². The molecular formula is C23H29N3O3. The highest BCUT2D eigenvalue weighted by Crippen LogP contribution is 2.39. The molecule has 0 spiro atoms. The Balaban J connectivity index is 1.68. The topological polar surface area (TPSA) is 74.6 Å². The highest BCUT2D eigenvalue weighted by molar-refractivity contribution is 5.96. The molecule has 0 bridgehead atoms. The number of hydrogen-bond donors (Lipinski definition) is 2. The SMILES string of the molecule is CC(C)N1CCn2c(CNC3(c4ccccc4)CCCC3)cc(=O)c(O)c2C1=O. The molecule has 6 nitrogen and oxygen atoms in total. The van der Waals surface area contributed by atoms with E-state index in [4.69, 9.17) is 0 Å². The van der Waals surface area contributed by atoms with Crippen molar-refractivity contribution in [2.24, 2.45) is 0 Å². The number of amides is 1. The van der Waals surface area contributed by atoms with Crippen LogP contribution in [0, 0.1) is 0 Å². The Labute approximate surface area is 171 Å². The molecule has 0 unspecified atom stereocenters. The van der Waals surface area contributed by atoms with Crippen molar-refractivity contribution in [3.63, 3.8) is 0 Å². The number of carbonyl (C=O) groups is 1. The summed E-state index contributed by atoms with van der Waals surface area (Å²) >= 11 is 0. The summed E-state index contributed by atoms with van der Waals surface area (Å²) in [4.78, 5) is 27.0. The first-order chi connectivity index (χ1) is 13.9. The summed E-state index contributed by atoms with van der Waals surface area (Å²) in [6, 6.07) is 11.9. The van der Waals surface area contributed by atoms with Gasteiger partial charge in [-0.2, -0.15) is 0 Å². The van der Waals surface area contributed by atoms with Crippen LogP contribution in [0.25, 0.3) is 0 Å². The molecule has 2 aliphatic rings. The van der Waals surface area contributed by atoms with Gasteiger partial charge in [-0.25, -0.2) is 0 Å². The van der Waals surface area contributed by atoms with Crippen molar-refractivity contribution in [1.29, 1.82) is 0 Å². The zero-order chi connectivity index (χ0) is 20.6. The normalized spacial score (nSPS) is 18.3. The van der Waals surface area contributed by atoms with E-state index in [0.717, 1.165) is 31.4 Å². The number of rotatable bonds is 5. The van der Waals surface area contributed by atoms with Crippen molar-refractivity contribution in [2.75, 3.05) is 6.54 Å². The van der Waals surface area contributed by atoms with Gasteiger partial charge in [-0.05, 0) is 32.3 Å². The van der Waals surface area contributed by atoms with Crippen LogP contribution in [0.1, 0.15) is 61.3 Å². The van der Waals surface area contributed by atoms with E-state index in [1.807, 2.05) is 24.5 Å². The minimum atomic E-state index is -0.493. The fraction of sp³-hybridized carbons (Fsp3) is 0.478. The van der Waals surface area contributed by atoms with Crippen molar-refractivity contribution in [3.8, 4) is 5.75 Å².